The van der Waals surface area contributed by atoms with Crippen molar-refractivity contribution in [3.63, 3.8) is 0 Å². The van der Waals surface area contributed by atoms with Crippen LogP contribution in [-0.4, -0.2) is 13.1 Å². The molecule has 0 atom stereocenters. The van der Waals surface area contributed by atoms with Gasteiger partial charge in [0.2, 0.25) is 0 Å². The fourth-order valence-electron chi connectivity index (χ4n) is 1.72. The Morgan fingerprint density at radius 3 is 2.31 bits per heavy atom. The third kappa shape index (κ3) is 1.68. The molecule has 0 aliphatic carbocycles. The second kappa shape index (κ2) is 3.43. The standard InChI is InChI=1S/C10H10F4N2/c11-8-6(9(15)4-16-5-9)2-1-3-7(8)10(12,13)14/h1-3,16H,4-5,15H2. The van der Waals surface area contributed by atoms with Gasteiger partial charge in [-0.1, -0.05) is 12.1 Å². The highest BCUT2D eigenvalue weighted by Gasteiger charge is 2.41. The van der Waals surface area contributed by atoms with Crippen molar-refractivity contribution in [1.82, 2.24) is 5.32 Å². The van der Waals surface area contributed by atoms with Crippen molar-refractivity contribution in [3.8, 4) is 0 Å². The van der Waals surface area contributed by atoms with Gasteiger partial charge >= 0.3 is 6.18 Å². The normalized spacial score (nSPS) is 19.3. The smallest absolute Gasteiger partial charge is 0.319 e. The average molecular weight is 234 g/mol. The lowest BCUT2D eigenvalue weighted by Gasteiger charge is -2.39. The monoisotopic (exact) mass is 234 g/mol. The van der Waals surface area contributed by atoms with Crippen LogP contribution in [-0.2, 0) is 11.7 Å². The second-order valence-electron chi connectivity index (χ2n) is 3.92. The summed E-state index contributed by atoms with van der Waals surface area (Å²) in [6.07, 6.45) is -4.69. The van der Waals surface area contributed by atoms with Gasteiger partial charge in [-0.3, -0.25) is 0 Å². The molecular weight excluding hydrogens is 224 g/mol. The highest BCUT2D eigenvalue weighted by atomic mass is 19.4. The summed E-state index contributed by atoms with van der Waals surface area (Å²) in [6.45, 7) is 0.566. The minimum absolute atomic E-state index is 0.0823. The minimum atomic E-state index is -4.69. The van der Waals surface area contributed by atoms with Gasteiger partial charge in [-0.2, -0.15) is 13.2 Å². The molecule has 0 unspecified atom stereocenters. The molecule has 6 heteroatoms. The fraction of sp³-hybridized carbons (Fsp3) is 0.400. The molecule has 0 bridgehead atoms. The van der Waals surface area contributed by atoms with Gasteiger partial charge in [0.15, 0.2) is 0 Å². The van der Waals surface area contributed by atoms with Crippen molar-refractivity contribution in [3.05, 3.63) is 35.1 Å². The van der Waals surface area contributed by atoms with E-state index >= 15 is 0 Å². The second-order valence-corrected chi connectivity index (χ2v) is 3.92. The molecule has 0 aromatic heterocycles. The summed E-state index contributed by atoms with van der Waals surface area (Å²) in [4.78, 5) is 0. The molecule has 1 aliphatic heterocycles. The van der Waals surface area contributed by atoms with Gasteiger partial charge in [-0.15, -0.1) is 0 Å². The minimum Gasteiger partial charge on any atom is -0.319 e. The van der Waals surface area contributed by atoms with Gasteiger partial charge in [0.1, 0.15) is 5.82 Å². The van der Waals surface area contributed by atoms with Crippen LogP contribution in [0, 0.1) is 5.82 Å². The summed E-state index contributed by atoms with van der Waals surface area (Å²) in [5.41, 5.74) is 3.40. The number of halogens is 4. The SMILES string of the molecule is NC1(c2cccc(C(F)(F)F)c2F)CNC1. The van der Waals surface area contributed by atoms with Crippen molar-refractivity contribution in [2.75, 3.05) is 13.1 Å². The van der Waals surface area contributed by atoms with E-state index in [0.717, 1.165) is 0 Å². The molecule has 2 rings (SSSR count). The summed E-state index contributed by atoms with van der Waals surface area (Å²) in [5, 5.41) is 2.81. The Balaban J connectivity index is 2.49. The first kappa shape index (κ1) is 11.3. The lowest BCUT2D eigenvalue weighted by atomic mass is 9.84. The van der Waals surface area contributed by atoms with Crippen molar-refractivity contribution in [1.29, 1.82) is 0 Å². The van der Waals surface area contributed by atoms with E-state index in [1.54, 1.807) is 0 Å². The summed E-state index contributed by atoms with van der Waals surface area (Å²) in [5.74, 6) is -1.26. The van der Waals surface area contributed by atoms with Gasteiger partial charge in [-0.05, 0) is 6.07 Å². The zero-order chi connectivity index (χ0) is 12.0. The Kier molecular flexibility index (Phi) is 2.43. The molecule has 1 aromatic rings. The van der Waals surface area contributed by atoms with E-state index in [0.29, 0.717) is 6.07 Å². The first-order valence-electron chi connectivity index (χ1n) is 4.70. The molecule has 3 N–H and O–H groups in total. The molecule has 0 saturated carbocycles. The maximum absolute atomic E-state index is 13.7. The molecule has 88 valence electrons. The van der Waals surface area contributed by atoms with Crippen molar-refractivity contribution in [2.45, 2.75) is 11.7 Å². The van der Waals surface area contributed by atoms with E-state index in [4.69, 9.17) is 5.73 Å². The van der Waals surface area contributed by atoms with Gasteiger partial charge < -0.3 is 11.1 Å². The van der Waals surface area contributed by atoms with E-state index in [9.17, 15) is 17.6 Å². The summed E-state index contributed by atoms with van der Waals surface area (Å²) < 4.78 is 51.0. The van der Waals surface area contributed by atoms with Crippen LogP contribution in [0.15, 0.2) is 18.2 Å². The molecule has 1 aromatic carbocycles. The van der Waals surface area contributed by atoms with Gasteiger partial charge in [0.25, 0.3) is 0 Å². The van der Waals surface area contributed by atoms with E-state index in [-0.39, 0.29) is 18.7 Å². The molecule has 1 fully saturated rings. The van der Waals surface area contributed by atoms with Crippen LogP contribution in [0.3, 0.4) is 0 Å². The van der Waals surface area contributed by atoms with Crippen LogP contribution in [0.25, 0.3) is 0 Å². The number of nitrogens with one attached hydrogen (secondary N) is 1. The van der Waals surface area contributed by atoms with Crippen LogP contribution in [0.5, 0.6) is 0 Å². The number of alkyl halides is 3. The molecule has 1 heterocycles. The highest BCUT2D eigenvalue weighted by Crippen LogP contribution is 2.35. The Hall–Kier alpha value is -1.14. The van der Waals surface area contributed by atoms with E-state index in [2.05, 4.69) is 5.32 Å². The fourth-order valence-corrected chi connectivity index (χ4v) is 1.72. The molecule has 2 nitrogen and oxygen atoms in total. The quantitative estimate of drug-likeness (QED) is 0.724. The Labute approximate surface area is 89.4 Å². The predicted octanol–water partition coefficient (Wildman–Crippen LogP) is 1.60. The lowest BCUT2D eigenvalue weighted by molar-refractivity contribution is -0.140. The maximum Gasteiger partial charge on any atom is 0.419 e. The molecule has 16 heavy (non-hydrogen) atoms. The van der Waals surface area contributed by atoms with Crippen LogP contribution in [0.2, 0.25) is 0 Å². The molecule has 1 aliphatic rings. The summed E-state index contributed by atoms with van der Waals surface area (Å²) >= 11 is 0. The first-order valence-corrected chi connectivity index (χ1v) is 4.70. The molecule has 1 saturated heterocycles. The number of benzene rings is 1. The average Bonchev–Trinajstić information content (AvgIpc) is 2.13. The predicted molar refractivity (Wildman–Crippen MR) is 50.1 cm³/mol. The van der Waals surface area contributed by atoms with Crippen LogP contribution in [0.4, 0.5) is 17.6 Å². The van der Waals surface area contributed by atoms with Crippen molar-refractivity contribution < 1.29 is 17.6 Å². The number of rotatable bonds is 1. The highest BCUT2D eigenvalue weighted by molar-refractivity contribution is 5.35. The van der Waals surface area contributed by atoms with Gasteiger partial charge in [-0.25, -0.2) is 4.39 Å². The third-order valence-corrected chi connectivity index (χ3v) is 2.72. The lowest BCUT2D eigenvalue weighted by Crippen LogP contribution is -2.63. The first-order chi connectivity index (χ1) is 7.34. The van der Waals surface area contributed by atoms with E-state index in [1.807, 2.05) is 0 Å². The Morgan fingerprint density at radius 1 is 1.25 bits per heavy atom. The summed E-state index contributed by atoms with van der Waals surface area (Å²) in [7, 11) is 0. The number of nitrogens with two attached hydrogens (primary N) is 1. The maximum atomic E-state index is 13.7. The number of hydrogen-bond acceptors (Lipinski definition) is 2. The Morgan fingerprint density at radius 2 is 1.88 bits per heavy atom. The topological polar surface area (TPSA) is 38.0 Å². The Bertz CT molecular complexity index is 410. The van der Waals surface area contributed by atoms with Crippen LogP contribution >= 0.6 is 0 Å². The number of hydrogen-bond donors (Lipinski definition) is 2. The van der Waals surface area contributed by atoms with Gasteiger partial charge in [0, 0.05) is 18.7 Å². The molecule has 0 amide bonds. The van der Waals surface area contributed by atoms with E-state index < -0.39 is 23.1 Å². The van der Waals surface area contributed by atoms with Gasteiger partial charge in [0.05, 0.1) is 11.1 Å². The molecule has 0 spiro atoms. The van der Waals surface area contributed by atoms with E-state index in [1.165, 1.54) is 12.1 Å². The van der Waals surface area contributed by atoms with Crippen molar-refractivity contribution in [2.24, 2.45) is 5.73 Å². The van der Waals surface area contributed by atoms with Crippen LogP contribution < -0.4 is 11.1 Å². The zero-order valence-electron chi connectivity index (χ0n) is 8.24. The zero-order valence-corrected chi connectivity index (χ0v) is 8.24. The molecular formula is C10H10F4N2. The summed E-state index contributed by atoms with van der Waals surface area (Å²) in [6, 6.07) is 3.19. The van der Waals surface area contributed by atoms with Crippen molar-refractivity contribution >= 4 is 0 Å². The molecule has 0 radical (unpaired) electrons. The van der Waals surface area contributed by atoms with Crippen LogP contribution in [0.1, 0.15) is 11.1 Å². The largest absolute Gasteiger partial charge is 0.419 e. The third-order valence-electron chi connectivity index (χ3n) is 2.72.